The number of benzene rings is 1. The number of aromatic nitrogens is 2. The van der Waals surface area contributed by atoms with E-state index in [0.29, 0.717) is 23.1 Å². The van der Waals surface area contributed by atoms with Gasteiger partial charge in [0.2, 0.25) is 0 Å². The van der Waals surface area contributed by atoms with Gasteiger partial charge in [0, 0.05) is 0 Å². The zero-order chi connectivity index (χ0) is 15.4. The van der Waals surface area contributed by atoms with Crippen LogP contribution in [-0.4, -0.2) is 22.1 Å². The van der Waals surface area contributed by atoms with Crippen LogP contribution < -0.4 is 5.56 Å². The average Bonchev–Trinajstić information content (AvgIpc) is 2.49. The van der Waals surface area contributed by atoms with Crippen molar-refractivity contribution in [3.8, 4) is 0 Å². The highest BCUT2D eigenvalue weighted by atomic mass is 35.5. The number of halogens is 1. The predicted molar refractivity (Wildman–Crippen MR) is 81.5 cm³/mol. The second kappa shape index (κ2) is 6.72. The molecule has 0 bridgehead atoms. The van der Waals surface area contributed by atoms with Gasteiger partial charge in [-0.2, -0.15) is 0 Å². The summed E-state index contributed by atoms with van der Waals surface area (Å²) < 4.78 is 6.22. The van der Waals surface area contributed by atoms with Crippen LogP contribution in [0.2, 0.25) is 0 Å². The van der Waals surface area contributed by atoms with Gasteiger partial charge >= 0.3 is 5.97 Å². The highest BCUT2D eigenvalue weighted by Crippen LogP contribution is 2.22. The molecular weight excluding hydrogens is 292 g/mol. The van der Waals surface area contributed by atoms with Crippen LogP contribution in [-0.2, 0) is 16.1 Å². The molecule has 0 saturated carbocycles. The van der Waals surface area contributed by atoms with E-state index < -0.39 is 11.3 Å². The van der Waals surface area contributed by atoms with Gasteiger partial charge in [0.1, 0.15) is 12.4 Å². The third-order valence-corrected chi connectivity index (χ3v) is 3.63. The van der Waals surface area contributed by atoms with Crippen LogP contribution in [0.25, 0.3) is 10.9 Å². The molecule has 1 atom stereocenters. The third kappa shape index (κ3) is 3.24. The zero-order valence-electron chi connectivity index (χ0n) is 12.0. The highest BCUT2D eigenvalue weighted by Gasteiger charge is 2.19. The molecule has 1 unspecified atom stereocenters. The first-order valence-electron chi connectivity index (χ1n) is 6.87. The van der Waals surface area contributed by atoms with Gasteiger partial charge in [0.15, 0.2) is 0 Å². The first kappa shape index (κ1) is 15.5. The number of rotatable bonds is 5. The topological polar surface area (TPSA) is 61.2 Å². The van der Waals surface area contributed by atoms with Crippen molar-refractivity contribution in [2.75, 3.05) is 6.61 Å². The fourth-order valence-corrected chi connectivity index (χ4v) is 2.26. The Bertz CT molecular complexity index is 712. The molecule has 112 valence electrons. The van der Waals surface area contributed by atoms with Gasteiger partial charge in [0.05, 0.1) is 22.9 Å². The Morgan fingerprint density at radius 2 is 2.10 bits per heavy atom. The quantitative estimate of drug-likeness (QED) is 0.629. The van der Waals surface area contributed by atoms with Crippen molar-refractivity contribution >= 4 is 28.5 Å². The zero-order valence-corrected chi connectivity index (χ0v) is 12.8. The standard InChI is InChI=1S/C15H17ClN2O3/c1-3-11(16)14-17-12-8-6-5-7-10(12)15(20)18(14)9-13(19)21-4-2/h5-8,11H,3-4,9H2,1-2H3. The number of alkyl halides is 1. The minimum Gasteiger partial charge on any atom is -0.465 e. The normalized spacial score (nSPS) is 12.3. The van der Waals surface area contributed by atoms with Crippen molar-refractivity contribution in [1.29, 1.82) is 0 Å². The Morgan fingerprint density at radius 1 is 1.38 bits per heavy atom. The Hall–Kier alpha value is -1.88. The van der Waals surface area contributed by atoms with E-state index in [9.17, 15) is 9.59 Å². The van der Waals surface area contributed by atoms with E-state index in [4.69, 9.17) is 16.3 Å². The van der Waals surface area contributed by atoms with Crippen molar-refractivity contribution in [2.24, 2.45) is 0 Å². The Labute approximate surface area is 127 Å². The summed E-state index contributed by atoms with van der Waals surface area (Å²) in [7, 11) is 0. The van der Waals surface area contributed by atoms with E-state index in [1.165, 1.54) is 4.57 Å². The molecule has 0 aliphatic carbocycles. The fourth-order valence-electron chi connectivity index (χ4n) is 2.10. The summed E-state index contributed by atoms with van der Waals surface area (Å²) in [5.41, 5.74) is 0.305. The van der Waals surface area contributed by atoms with Crippen LogP contribution in [0.4, 0.5) is 0 Å². The number of carbonyl (C=O) groups is 1. The van der Waals surface area contributed by atoms with Crippen LogP contribution in [0.1, 0.15) is 31.5 Å². The van der Waals surface area contributed by atoms with Gasteiger partial charge in [-0.25, -0.2) is 4.98 Å². The molecule has 0 N–H and O–H groups in total. The van der Waals surface area contributed by atoms with E-state index in [1.54, 1.807) is 25.1 Å². The van der Waals surface area contributed by atoms with Gasteiger partial charge < -0.3 is 4.74 Å². The van der Waals surface area contributed by atoms with E-state index in [-0.39, 0.29) is 18.7 Å². The summed E-state index contributed by atoms with van der Waals surface area (Å²) in [6.45, 7) is 3.70. The number of para-hydroxylation sites is 1. The lowest BCUT2D eigenvalue weighted by molar-refractivity contribution is -0.143. The molecule has 0 saturated heterocycles. The molecule has 1 aromatic carbocycles. The summed E-state index contributed by atoms with van der Waals surface area (Å²) in [4.78, 5) is 28.7. The molecule has 1 heterocycles. The molecule has 6 heteroatoms. The van der Waals surface area contributed by atoms with Crippen LogP contribution in [0.3, 0.4) is 0 Å². The maximum atomic E-state index is 12.6. The summed E-state index contributed by atoms with van der Waals surface area (Å²) >= 11 is 6.25. The summed E-state index contributed by atoms with van der Waals surface area (Å²) in [5, 5.41) is 0.0299. The number of fused-ring (bicyclic) bond motifs is 1. The SMILES string of the molecule is CCOC(=O)Cn1c(C(Cl)CC)nc2ccccc2c1=O. The number of hydrogen-bond acceptors (Lipinski definition) is 4. The highest BCUT2D eigenvalue weighted by molar-refractivity contribution is 6.20. The lowest BCUT2D eigenvalue weighted by Gasteiger charge is -2.15. The molecule has 0 aliphatic rings. The van der Waals surface area contributed by atoms with Crippen LogP contribution in [0, 0.1) is 0 Å². The molecular formula is C15H17ClN2O3. The maximum absolute atomic E-state index is 12.6. The number of nitrogens with zero attached hydrogens (tertiary/aromatic N) is 2. The monoisotopic (exact) mass is 308 g/mol. The average molecular weight is 309 g/mol. The largest absolute Gasteiger partial charge is 0.465 e. The van der Waals surface area contributed by atoms with Crippen LogP contribution >= 0.6 is 11.6 Å². The Morgan fingerprint density at radius 3 is 2.76 bits per heavy atom. The van der Waals surface area contributed by atoms with Gasteiger partial charge in [-0.1, -0.05) is 19.1 Å². The van der Waals surface area contributed by atoms with E-state index in [1.807, 2.05) is 13.0 Å². The fraction of sp³-hybridized carbons (Fsp3) is 0.400. The number of ether oxygens (including phenoxy) is 1. The predicted octanol–water partition coefficient (Wildman–Crippen LogP) is 2.65. The van der Waals surface area contributed by atoms with Crippen molar-refractivity contribution in [3.63, 3.8) is 0 Å². The van der Waals surface area contributed by atoms with Gasteiger partial charge in [-0.05, 0) is 25.5 Å². The summed E-state index contributed by atoms with van der Waals surface area (Å²) in [6, 6.07) is 7.01. The van der Waals surface area contributed by atoms with Gasteiger partial charge in [-0.15, -0.1) is 11.6 Å². The van der Waals surface area contributed by atoms with Crippen LogP contribution in [0.5, 0.6) is 0 Å². The van der Waals surface area contributed by atoms with Crippen molar-refractivity contribution in [1.82, 2.24) is 9.55 Å². The molecule has 0 aliphatic heterocycles. The molecule has 0 spiro atoms. The van der Waals surface area contributed by atoms with E-state index in [0.717, 1.165) is 0 Å². The van der Waals surface area contributed by atoms with E-state index >= 15 is 0 Å². The Kier molecular flexibility index (Phi) is 4.96. The second-order valence-corrected chi connectivity index (χ2v) is 5.09. The molecule has 5 nitrogen and oxygen atoms in total. The van der Waals surface area contributed by atoms with Gasteiger partial charge in [-0.3, -0.25) is 14.2 Å². The minimum atomic E-state index is -0.474. The maximum Gasteiger partial charge on any atom is 0.326 e. The number of esters is 1. The van der Waals surface area contributed by atoms with Crippen molar-refractivity contribution < 1.29 is 9.53 Å². The minimum absolute atomic E-state index is 0.178. The first-order valence-corrected chi connectivity index (χ1v) is 7.31. The molecule has 21 heavy (non-hydrogen) atoms. The smallest absolute Gasteiger partial charge is 0.326 e. The molecule has 0 radical (unpaired) electrons. The summed E-state index contributed by atoms with van der Waals surface area (Å²) in [5.74, 6) is -0.0752. The van der Waals surface area contributed by atoms with Gasteiger partial charge in [0.25, 0.3) is 5.56 Å². The lowest BCUT2D eigenvalue weighted by Crippen LogP contribution is -2.30. The molecule has 0 fully saturated rings. The Balaban J connectivity index is 2.61. The van der Waals surface area contributed by atoms with Crippen molar-refractivity contribution in [3.05, 3.63) is 40.4 Å². The van der Waals surface area contributed by atoms with Crippen molar-refractivity contribution in [2.45, 2.75) is 32.2 Å². The first-order chi connectivity index (χ1) is 10.1. The number of hydrogen-bond donors (Lipinski definition) is 0. The molecule has 2 rings (SSSR count). The molecule has 0 amide bonds. The third-order valence-electron chi connectivity index (χ3n) is 3.12. The molecule has 1 aromatic heterocycles. The van der Waals surface area contributed by atoms with Crippen LogP contribution in [0.15, 0.2) is 29.1 Å². The van der Waals surface area contributed by atoms with E-state index in [2.05, 4.69) is 4.98 Å². The second-order valence-electron chi connectivity index (χ2n) is 4.56. The summed E-state index contributed by atoms with van der Waals surface area (Å²) in [6.07, 6.45) is 0.606. The number of carbonyl (C=O) groups excluding carboxylic acids is 1. The molecule has 2 aromatic rings. The lowest BCUT2D eigenvalue weighted by atomic mass is 10.2.